The zero-order valence-electron chi connectivity index (χ0n) is 13.7. The number of nitrogens with zero attached hydrogens (tertiary/aromatic N) is 3. The highest BCUT2D eigenvalue weighted by Gasteiger charge is 2.12. The maximum absolute atomic E-state index is 11.1. The number of hydrogen-bond acceptors (Lipinski definition) is 4. The summed E-state index contributed by atoms with van der Waals surface area (Å²) in [5.74, 6) is -0.271. The minimum absolute atomic E-state index is 0.0188. The fraction of sp³-hybridized carbons (Fsp3) is 0.471. The molecular weight excluding hydrogens is 292 g/mol. The smallest absolute Gasteiger partial charge is 0.288 e. The second kappa shape index (κ2) is 8.43. The summed E-state index contributed by atoms with van der Waals surface area (Å²) in [7, 11) is 0. The van der Waals surface area contributed by atoms with Crippen LogP contribution in [0.1, 0.15) is 55.2 Å². The third-order valence-electron chi connectivity index (χ3n) is 3.77. The van der Waals surface area contributed by atoms with Crippen molar-refractivity contribution in [2.45, 2.75) is 39.0 Å². The lowest BCUT2D eigenvalue weighted by atomic mass is 9.97. The molecule has 23 heavy (non-hydrogen) atoms. The van der Waals surface area contributed by atoms with E-state index in [0.717, 1.165) is 31.6 Å². The molecule has 1 heterocycles. The van der Waals surface area contributed by atoms with Crippen molar-refractivity contribution >= 4 is 5.91 Å². The summed E-state index contributed by atoms with van der Waals surface area (Å²) in [4.78, 5) is 15.0. The third-order valence-corrected chi connectivity index (χ3v) is 3.77. The molecule has 1 atom stereocenters. The van der Waals surface area contributed by atoms with Crippen LogP contribution in [0.2, 0.25) is 0 Å². The summed E-state index contributed by atoms with van der Waals surface area (Å²) in [6.45, 7) is 5.82. The molecule has 0 bridgehead atoms. The molecule has 1 aromatic carbocycles. The van der Waals surface area contributed by atoms with Crippen molar-refractivity contribution in [1.29, 1.82) is 0 Å². The van der Waals surface area contributed by atoms with Crippen molar-refractivity contribution < 1.29 is 9.53 Å². The summed E-state index contributed by atoms with van der Waals surface area (Å²) in [6, 6.07) is 8.04. The van der Waals surface area contributed by atoms with Gasteiger partial charge < -0.3 is 10.5 Å². The maximum atomic E-state index is 11.1. The highest BCUT2D eigenvalue weighted by Crippen LogP contribution is 2.22. The monoisotopic (exact) mass is 316 g/mol. The van der Waals surface area contributed by atoms with Gasteiger partial charge in [-0.25, -0.2) is 9.67 Å². The molecule has 1 amide bonds. The van der Waals surface area contributed by atoms with Gasteiger partial charge in [-0.05, 0) is 30.5 Å². The predicted octanol–water partition coefficient (Wildman–Crippen LogP) is 2.68. The molecule has 0 spiro atoms. The van der Waals surface area contributed by atoms with Crippen LogP contribution >= 0.6 is 0 Å². The summed E-state index contributed by atoms with van der Waals surface area (Å²) >= 11 is 0. The highest BCUT2D eigenvalue weighted by atomic mass is 16.5. The van der Waals surface area contributed by atoms with Crippen molar-refractivity contribution in [3.8, 4) is 5.69 Å². The lowest BCUT2D eigenvalue weighted by molar-refractivity contribution is 0.0990. The van der Waals surface area contributed by atoms with E-state index in [1.54, 1.807) is 4.68 Å². The first-order valence-electron chi connectivity index (χ1n) is 8.05. The minimum Gasteiger partial charge on any atom is -0.381 e. The average Bonchev–Trinajstić information content (AvgIpc) is 3.05. The lowest BCUT2D eigenvalue weighted by Gasteiger charge is -2.16. The van der Waals surface area contributed by atoms with Gasteiger partial charge in [0.2, 0.25) is 5.82 Å². The Labute approximate surface area is 136 Å². The number of benzene rings is 1. The Morgan fingerprint density at radius 1 is 1.39 bits per heavy atom. The normalized spacial score (nSPS) is 12.3. The van der Waals surface area contributed by atoms with Crippen molar-refractivity contribution in [2.75, 3.05) is 13.2 Å². The van der Waals surface area contributed by atoms with Gasteiger partial charge in [-0.3, -0.25) is 4.79 Å². The van der Waals surface area contributed by atoms with Gasteiger partial charge in [0.05, 0.1) is 12.3 Å². The number of unbranched alkanes of at least 4 members (excludes halogenated alkanes) is 1. The largest absolute Gasteiger partial charge is 0.381 e. The Morgan fingerprint density at radius 2 is 2.22 bits per heavy atom. The first-order chi connectivity index (χ1) is 11.2. The van der Waals surface area contributed by atoms with E-state index in [4.69, 9.17) is 10.5 Å². The topological polar surface area (TPSA) is 83.0 Å². The molecule has 124 valence electrons. The fourth-order valence-electron chi connectivity index (χ4n) is 2.34. The van der Waals surface area contributed by atoms with E-state index in [-0.39, 0.29) is 5.82 Å². The van der Waals surface area contributed by atoms with Gasteiger partial charge in [-0.15, -0.1) is 5.10 Å². The Bertz CT molecular complexity index is 639. The fourth-order valence-corrected chi connectivity index (χ4v) is 2.34. The molecule has 0 saturated heterocycles. The van der Waals surface area contributed by atoms with Gasteiger partial charge >= 0.3 is 0 Å². The van der Waals surface area contributed by atoms with Crippen LogP contribution in [0.15, 0.2) is 30.6 Å². The lowest BCUT2D eigenvalue weighted by Crippen LogP contribution is -2.13. The van der Waals surface area contributed by atoms with Crippen LogP contribution in [0.25, 0.3) is 5.69 Å². The van der Waals surface area contributed by atoms with Gasteiger partial charge in [-0.1, -0.05) is 32.4 Å². The SMILES string of the molecule is CCCCOCC(CC)c1cccc(-n2cnc(C(N)=O)n2)c1. The van der Waals surface area contributed by atoms with Crippen molar-refractivity contribution in [3.05, 3.63) is 42.0 Å². The molecule has 2 N–H and O–H groups in total. The molecule has 2 rings (SSSR count). The van der Waals surface area contributed by atoms with E-state index >= 15 is 0 Å². The van der Waals surface area contributed by atoms with E-state index in [9.17, 15) is 4.79 Å². The van der Waals surface area contributed by atoms with E-state index in [1.165, 1.54) is 11.9 Å². The molecule has 0 radical (unpaired) electrons. The van der Waals surface area contributed by atoms with Crippen LogP contribution in [0.5, 0.6) is 0 Å². The Morgan fingerprint density at radius 3 is 2.87 bits per heavy atom. The number of ether oxygens (including phenoxy) is 1. The first kappa shape index (κ1) is 17.1. The van der Waals surface area contributed by atoms with E-state index in [2.05, 4.69) is 36.1 Å². The Hall–Kier alpha value is -2.21. The molecule has 0 saturated carbocycles. The van der Waals surface area contributed by atoms with Crippen molar-refractivity contribution in [2.24, 2.45) is 5.73 Å². The molecule has 0 aliphatic carbocycles. The number of rotatable bonds is 9. The predicted molar refractivity (Wildman–Crippen MR) is 88.6 cm³/mol. The molecule has 2 aromatic rings. The van der Waals surface area contributed by atoms with Crippen molar-refractivity contribution in [1.82, 2.24) is 14.8 Å². The molecule has 0 aliphatic heterocycles. The standard InChI is InChI=1S/C17H24N4O2/c1-3-5-9-23-11-13(4-2)14-7-6-8-15(10-14)21-12-19-17(20-21)16(18)22/h6-8,10,12-13H,3-5,9,11H2,1-2H3,(H2,18,22). The van der Waals surface area contributed by atoms with Gasteiger partial charge in [0, 0.05) is 12.5 Å². The third kappa shape index (κ3) is 4.63. The summed E-state index contributed by atoms with van der Waals surface area (Å²) in [5, 5.41) is 4.09. The zero-order valence-corrected chi connectivity index (χ0v) is 13.7. The van der Waals surface area contributed by atoms with Crippen LogP contribution in [0, 0.1) is 0 Å². The summed E-state index contributed by atoms with van der Waals surface area (Å²) < 4.78 is 7.33. The van der Waals surface area contributed by atoms with Gasteiger partial charge in [-0.2, -0.15) is 0 Å². The minimum atomic E-state index is -0.629. The van der Waals surface area contributed by atoms with Crippen LogP contribution in [0.3, 0.4) is 0 Å². The second-order valence-electron chi connectivity index (χ2n) is 5.51. The second-order valence-corrected chi connectivity index (χ2v) is 5.51. The molecule has 0 aliphatic rings. The van der Waals surface area contributed by atoms with E-state index in [1.807, 2.05) is 12.1 Å². The average molecular weight is 316 g/mol. The molecule has 6 heteroatoms. The van der Waals surface area contributed by atoms with Gasteiger partial charge in [0.1, 0.15) is 6.33 Å². The van der Waals surface area contributed by atoms with Crippen LogP contribution in [-0.2, 0) is 4.74 Å². The molecule has 0 fully saturated rings. The molecule has 1 aromatic heterocycles. The number of carbonyl (C=O) groups is 1. The van der Waals surface area contributed by atoms with Crippen LogP contribution in [-0.4, -0.2) is 33.9 Å². The summed E-state index contributed by atoms with van der Waals surface area (Å²) in [5.41, 5.74) is 7.24. The number of carbonyl (C=O) groups excluding carboxylic acids is 1. The number of amides is 1. The number of hydrogen-bond donors (Lipinski definition) is 1. The number of aromatic nitrogens is 3. The van der Waals surface area contributed by atoms with E-state index in [0.29, 0.717) is 12.5 Å². The first-order valence-corrected chi connectivity index (χ1v) is 8.05. The molecule has 6 nitrogen and oxygen atoms in total. The summed E-state index contributed by atoms with van der Waals surface area (Å²) in [6.07, 6.45) is 4.73. The molecular formula is C17H24N4O2. The van der Waals surface area contributed by atoms with Crippen LogP contribution < -0.4 is 5.73 Å². The Balaban J connectivity index is 2.12. The maximum Gasteiger partial charge on any atom is 0.288 e. The van der Waals surface area contributed by atoms with Crippen LogP contribution in [0.4, 0.5) is 0 Å². The highest BCUT2D eigenvalue weighted by molar-refractivity contribution is 5.88. The quantitative estimate of drug-likeness (QED) is 0.721. The van der Waals surface area contributed by atoms with E-state index < -0.39 is 5.91 Å². The van der Waals surface area contributed by atoms with Crippen molar-refractivity contribution in [3.63, 3.8) is 0 Å². The number of primary amides is 1. The zero-order chi connectivity index (χ0) is 16.7. The van der Waals surface area contributed by atoms with Gasteiger partial charge in [0.15, 0.2) is 0 Å². The molecule has 1 unspecified atom stereocenters. The van der Waals surface area contributed by atoms with Gasteiger partial charge in [0.25, 0.3) is 5.91 Å². The number of nitrogens with two attached hydrogens (primary N) is 1. The Kier molecular flexibility index (Phi) is 6.29.